The number of aromatic nitrogens is 4. The summed E-state index contributed by atoms with van der Waals surface area (Å²) in [6.07, 6.45) is 10.0. The molecule has 0 aliphatic heterocycles. The highest BCUT2D eigenvalue weighted by Gasteiger charge is 2.30. The van der Waals surface area contributed by atoms with Crippen LogP contribution in [0.1, 0.15) is 56.8 Å². The van der Waals surface area contributed by atoms with E-state index in [-0.39, 0.29) is 24.0 Å². The van der Waals surface area contributed by atoms with Crippen LogP contribution in [0.25, 0.3) is 16.9 Å². The monoisotopic (exact) mass is 469 g/mol. The van der Waals surface area contributed by atoms with Gasteiger partial charge in [-0.05, 0) is 45.6 Å². The average Bonchev–Trinajstić information content (AvgIpc) is 3.17. The van der Waals surface area contributed by atoms with Gasteiger partial charge in [0.15, 0.2) is 5.65 Å². The fourth-order valence-corrected chi connectivity index (χ4v) is 4.85. The predicted molar refractivity (Wildman–Crippen MR) is 127 cm³/mol. The lowest BCUT2D eigenvalue weighted by Crippen LogP contribution is -2.47. The Labute approximate surface area is 197 Å². The molecule has 10 heteroatoms. The van der Waals surface area contributed by atoms with Gasteiger partial charge >= 0.3 is 0 Å². The molecule has 4 rings (SSSR count). The molecule has 9 nitrogen and oxygen atoms in total. The lowest BCUT2D eigenvalue weighted by molar-refractivity contribution is -0.119. The number of primary amides is 1. The molecule has 1 aliphatic rings. The van der Waals surface area contributed by atoms with Gasteiger partial charge in [-0.25, -0.2) is 9.50 Å². The van der Waals surface area contributed by atoms with Crippen LogP contribution in [0.3, 0.4) is 0 Å². The third-order valence-electron chi connectivity index (χ3n) is 6.08. The van der Waals surface area contributed by atoms with Crippen molar-refractivity contribution < 1.29 is 9.59 Å². The molecule has 3 N–H and O–H groups in total. The average molecular weight is 470 g/mol. The first-order valence-electron chi connectivity index (χ1n) is 11.1. The molecule has 3 heterocycles. The van der Waals surface area contributed by atoms with Crippen LogP contribution in [0.15, 0.2) is 30.9 Å². The Balaban J connectivity index is 1.72. The van der Waals surface area contributed by atoms with Crippen LogP contribution in [0, 0.1) is 0 Å². The van der Waals surface area contributed by atoms with Crippen molar-refractivity contribution >= 4 is 34.7 Å². The third kappa shape index (κ3) is 4.78. The molecule has 0 atom stereocenters. The number of anilines is 1. The van der Waals surface area contributed by atoms with E-state index in [4.69, 9.17) is 17.3 Å². The Morgan fingerprint density at radius 1 is 1.18 bits per heavy atom. The molecule has 1 saturated carbocycles. The summed E-state index contributed by atoms with van der Waals surface area (Å²) in [5, 5.41) is 7.84. The first kappa shape index (κ1) is 23.0. The zero-order valence-corrected chi connectivity index (χ0v) is 19.7. The van der Waals surface area contributed by atoms with Gasteiger partial charge in [0.05, 0.1) is 39.9 Å². The van der Waals surface area contributed by atoms with Gasteiger partial charge in [0.25, 0.3) is 5.91 Å². The number of nitrogens with two attached hydrogens (primary N) is 1. The third-order valence-corrected chi connectivity index (χ3v) is 6.28. The lowest BCUT2D eigenvalue weighted by Gasteiger charge is -2.41. The number of carbonyl (C=O) groups is 2. The molecule has 1 fully saturated rings. The molecular weight excluding hydrogens is 442 g/mol. The molecule has 0 saturated heterocycles. The Bertz CT molecular complexity index is 1180. The van der Waals surface area contributed by atoms with Gasteiger partial charge in [0.1, 0.15) is 0 Å². The van der Waals surface area contributed by atoms with Crippen molar-refractivity contribution in [2.24, 2.45) is 5.73 Å². The molecule has 0 unspecified atom stereocenters. The van der Waals surface area contributed by atoms with Crippen molar-refractivity contribution in [3.63, 3.8) is 0 Å². The Hall–Kier alpha value is -3.20. The maximum Gasteiger partial charge on any atom is 0.252 e. The van der Waals surface area contributed by atoms with E-state index < -0.39 is 5.91 Å². The largest absolute Gasteiger partial charge is 0.365 e. The summed E-state index contributed by atoms with van der Waals surface area (Å²) >= 11 is 6.04. The zero-order valence-electron chi connectivity index (χ0n) is 19.0. The number of carbonyl (C=O) groups excluding carboxylic acids is 2. The predicted octanol–water partition coefficient (Wildman–Crippen LogP) is 3.21. The van der Waals surface area contributed by atoms with E-state index in [0.29, 0.717) is 21.9 Å². The van der Waals surface area contributed by atoms with Crippen molar-refractivity contribution in [2.45, 2.75) is 64.6 Å². The minimum absolute atomic E-state index is 0.00254. The van der Waals surface area contributed by atoms with Gasteiger partial charge in [-0.1, -0.05) is 11.6 Å². The summed E-state index contributed by atoms with van der Waals surface area (Å²) in [4.78, 5) is 34.9. The number of rotatable bonds is 6. The van der Waals surface area contributed by atoms with Gasteiger partial charge in [0, 0.05) is 37.4 Å². The van der Waals surface area contributed by atoms with E-state index in [2.05, 4.69) is 39.1 Å². The number of nitrogens with one attached hydrogen (secondary N) is 1. The fraction of sp³-hybridized carbons (Fsp3) is 0.435. The van der Waals surface area contributed by atoms with Crippen LogP contribution in [-0.4, -0.2) is 49.5 Å². The van der Waals surface area contributed by atoms with E-state index in [0.717, 1.165) is 36.9 Å². The molecule has 0 bridgehead atoms. The van der Waals surface area contributed by atoms with E-state index in [1.165, 1.54) is 6.20 Å². The highest BCUT2D eigenvalue weighted by molar-refractivity contribution is 6.30. The molecule has 0 spiro atoms. The van der Waals surface area contributed by atoms with Gasteiger partial charge in [-0.15, -0.1) is 0 Å². The summed E-state index contributed by atoms with van der Waals surface area (Å²) in [6, 6.07) is 2.42. The van der Waals surface area contributed by atoms with Crippen molar-refractivity contribution in [1.29, 1.82) is 0 Å². The summed E-state index contributed by atoms with van der Waals surface area (Å²) in [5.74, 6) is -0.524. The number of amides is 2. The number of hydrogen-bond acceptors (Lipinski definition) is 6. The number of hydrogen-bond donors (Lipinski definition) is 2. The van der Waals surface area contributed by atoms with Gasteiger partial charge in [-0.2, -0.15) is 5.10 Å². The number of halogens is 1. The molecule has 0 radical (unpaired) electrons. The quantitative estimate of drug-likeness (QED) is 0.572. The smallest absolute Gasteiger partial charge is 0.252 e. The van der Waals surface area contributed by atoms with E-state index >= 15 is 0 Å². The molecular formula is C23H28ClN7O2. The van der Waals surface area contributed by atoms with Gasteiger partial charge in [-0.3, -0.25) is 14.6 Å². The van der Waals surface area contributed by atoms with Crippen molar-refractivity contribution in [3.8, 4) is 11.3 Å². The SMILES string of the molecule is CC(=O)NC1CCC(N(c2cc(-c3cnn4cc(Cl)cnc34)ncc2C(N)=O)C(C)C)CC1. The number of nitrogens with zero attached hydrogens (tertiary/aromatic N) is 5. The first-order valence-corrected chi connectivity index (χ1v) is 11.5. The summed E-state index contributed by atoms with van der Waals surface area (Å²) in [6.45, 7) is 5.75. The molecule has 174 valence electrons. The molecule has 3 aromatic rings. The molecule has 33 heavy (non-hydrogen) atoms. The normalized spacial score (nSPS) is 18.5. The highest BCUT2D eigenvalue weighted by atomic mass is 35.5. The highest BCUT2D eigenvalue weighted by Crippen LogP contribution is 2.34. The van der Waals surface area contributed by atoms with E-state index in [9.17, 15) is 9.59 Å². The van der Waals surface area contributed by atoms with Crippen molar-refractivity contribution in [1.82, 2.24) is 24.9 Å². The first-order chi connectivity index (χ1) is 15.7. The zero-order chi connectivity index (χ0) is 23.7. The van der Waals surface area contributed by atoms with Crippen LogP contribution < -0.4 is 16.0 Å². The maximum absolute atomic E-state index is 12.3. The maximum atomic E-state index is 12.3. The van der Waals surface area contributed by atoms with Crippen LogP contribution in [-0.2, 0) is 4.79 Å². The summed E-state index contributed by atoms with van der Waals surface area (Å²) < 4.78 is 1.60. The lowest BCUT2D eigenvalue weighted by atomic mass is 9.88. The Kier molecular flexibility index (Phi) is 6.51. The topological polar surface area (TPSA) is 119 Å². The number of pyridine rings is 1. The van der Waals surface area contributed by atoms with E-state index in [1.807, 2.05) is 6.07 Å². The fourth-order valence-electron chi connectivity index (χ4n) is 4.71. The van der Waals surface area contributed by atoms with Crippen molar-refractivity contribution in [3.05, 3.63) is 41.4 Å². The van der Waals surface area contributed by atoms with Crippen LogP contribution in [0.5, 0.6) is 0 Å². The van der Waals surface area contributed by atoms with Crippen LogP contribution in [0.2, 0.25) is 5.02 Å². The minimum Gasteiger partial charge on any atom is -0.365 e. The molecule has 2 amide bonds. The van der Waals surface area contributed by atoms with E-state index in [1.54, 1.807) is 30.0 Å². The Morgan fingerprint density at radius 2 is 1.91 bits per heavy atom. The standard InChI is InChI=1S/C23H28ClN7O2/c1-13(2)31(17-6-4-16(5-7-17)29-14(3)32)21-8-20(26-10-19(21)22(25)33)18-11-28-30-12-15(24)9-27-23(18)30/h8-13,16-17H,4-7H2,1-3H3,(H2,25,33)(H,29,32). The van der Waals surface area contributed by atoms with Gasteiger partial charge < -0.3 is 16.0 Å². The van der Waals surface area contributed by atoms with Gasteiger partial charge in [0.2, 0.25) is 5.91 Å². The molecule has 1 aliphatic carbocycles. The van der Waals surface area contributed by atoms with Crippen LogP contribution >= 0.6 is 11.6 Å². The summed E-state index contributed by atoms with van der Waals surface area (Å²) in [5.41, 5.74) is 8.88. The van der Waals surface area contributed by atoms with Crippen LogP contribution in [0.4, 0.5) is 5.69 Å². The second-order valence-corrected chi connectivity index (χ2v) is 9.19. The molecule has 0 aromatic carbocycles. The number of fused-ring (bicyclic) bond motifs is 1. The second kappa shape index (κ2) is 9.35. The second-order valence-electron chi connectivity index (χ2n) is 8.76. The molecule has 3 aromatic heterocycles. The minimum atomic E-state index is -0.522. The summed E-state index contributed by atoms with van der Waals surface area (Å²) in [7, 11) is 0. The van der Waals surface area contributed by atoms with Crippen molar-refractivity contribution in [2.75, 3.05) is 4.90 Å². The Morgan fingerprint density at radius 3 is 2.55 bits per heavy atom.